The Labute approximate surface area is 157 Å². The fourth-order valence-corrected chi connectivity index (χ4v) is 3.05. The highest BCUT2D eigenvalue weighted by Crippen LogP contribution is 2.17. The molecular weight excluding hydrogens is 352 g/mol. The number of hydrogen-bond donors (Lipinski definition) is 2. The maximum absolute atomic E-state index is 12.2. The number of carbonyl (C=O) groups excluding carboxylic acids is 1. The van der Waals surface area contributed by atoms with Gasteiger partial charge >= 0.3 is 5.97 Å². The number of ether oxygens (including phenoxy) is 1. The molecule has 1 aromatic heterocycles. The molecule has 0 bridgehead atoms. The number of aliphatic carboxylic acids is 1. The Morgan fingerprint density at radius 2 is 1.96 bits per heavy atom. The quantitative estimate of drug-likeness (QED) is 0.701. The molecule has 0 saturated heterocycles. The first kappa shape index (κ1) is 19.9. The number of nitrogens with one attached hydrogen (secondary N) is 1. The molecule has 1 aromatic carbocycles. The highest BCUT2D eigenvalue weighted by atomic mass is 32.1. The number of thiazole rings is 1. The van der Waals surface area contributed by atoms with E-state index in [1.807, 2.05) is 50.4 Å². The van der Waals surface area contributed by atoms with Crippen molar-refractivity contribution in [3.63, 3.8) is 0 Å². The number of hydrogen-bond acceptors (Lipinski definition) is 5. The van der Waals surface area contributed by atoms with Crippen molar-refractivity contribution in [1.82, 2.24) is 10.3 Å². The smallest absolute Gasteiger partial charge is 0.303 e. The summed E-state index contributed by atoms with van der Waals surface area (Å²) < 4.78 is 5.69. The lowest BCUT2D eigenvalue weighted by Gasteiger charge is -2.25. The number of aryl methyl sites for hydroxylation is 1. The molecule has 0 unspecified atom stereocenters. The highest BCUT2D eigenvalue weighted by molar-refractivity contribution is 7.09. The van der Waals surface area contributed by atoms with Crippen LogP contribution < -0.4 is 10.1 Å². The molecule has 6 nitrogen and oxygen atoms in total. The third kappa shape index (κ3) is 6.84. The molecule has 1 heterocycles. The first-order valence-corrected chi connectivity index (χ1v) is 9.27. The molecule has 0 saturated carbocycles. The lowest BCUT2D eigenvalue weighted by Crippen LogP contribution is -2.44. The van der Waals surface area contributed by atoms with Crippen molar-refractivity contribution in [2.75, 3.05) is 0 Å². The van der Waals surface area contributed by atoms with Crippen LogP contribution in [0.2, 0.25) is 0 Å². The van der Waals surface area contributed by atoms with E-state index < -0.39 is 11.5 Å². The normalized spacial score (nSPS) is 11.2. The number of carboxylic acids is 1. The summed E-state index contributed by atoms with van der Waals surface area (Å²) in [6.45, 7) is 6.01. The van der Waals surface area contributed by atoms with Crippen LogP contribution in [0.25, 0.3) is 0 Å². The average molecular weight is 376 g/mol. The second-order valence-corrected chi connectivity index (χ2v) is 7.78. The molecular formula is C19H24N2O4S. The van der Waals surface area contributed by atoms with E-state index in [9.17, 15) is 9.59 Å². The van der Waals surface area contributed by atoms with Crippen molar-refractivity contribution >= 4 is 23.2 Å². The van der Waals surface area contributed by atoms with Crippen molar-refractivity contribution in [1.29, 1.82) is 0 Å². The molecule has 7 heteroatoms. The van der Waals surface area contributed by atoms with Gasteiger partial charge in [0.15, 0.2) is 0 Å². The van der Waals surface area contributed by atoms with Crippen molar-refractivity contribution in [3.8, 4) is 5.75 Å². The van der Waals surface area contributed by atoms with E-state index in [1.54, 1.807) is 0 Å². The minimum Gasteiger partial charge on any atom is -0.486 e. The van der Waals surface area contributed by atoms with Gasteiger partial charge < -0.3 is 15.2 Å². The van der Waals surface area contributed by atoms with Crippen LogP contribution in [0, 0.1) is 6.92 Å². The maximum atomic E-state index is 12.2. The summed E-state index contributed by atoms with van der Waals surface area (Å²) in [6.07, 6.45) is 0.558. The lowest BCUT2D eigenvalue weighted by molar-refractivity contribution is -0.137. The van der Waals surface area contributed by atoms with Crippen LogP contribution in [-0.2, 0) is 22.6 Å². The first-order valence-electron chi connectivity index (χ1n) is 8.39. The molecule has 140 valence electrons. The lowest BCUT2D eigenvalue weighted by atomic mass is 9.98. The average Bonchev–Trinajstić information content (AvgIpc) is 2.99. The van der Waals surface area contributed by atoms with Gasteiger partial charge in [-0.05, 0) is 39.3 Å². The summed E-state index contributed by atoms with van der Waals surface area (Å²) in [5.74, 6) is -0.257. The molecule has 0 atom stereocenters. The minimum absolute atomic E-state index is 0.0183. The Hall–Kier alpha value is -2.41. The van der Waals surface area contributed by atoms with Gasteiger partial charge in [-0.3, -0.25) is 9.59 Å². The van der Waals surface area contributed by atoms with E-state index in [-0.39, 0.29) is 18.7 Å². The highest BCUT2D eigenvalue weighted by Gasteiger charge is 2.22. The third-order valence-corrected chi connectivity index (χ3v) is 4.64. The van der Waals surface area contributed by atoms with E-state index in [2.05, 4.69) is 10.3 Å². The fourth-order valence-electron chi connectivity index (χ4n) is 2.34. The Morgan fingerprint density at radius 3 is 2.62 bits per heavy atom. The largest absolute Gasteiger partial charge is 0.486 e. The molecule has 2 N–H and O–H groups in total. The summed E-state index contributed by atoms with van der Waals surface area (Å²) in [7, 11) is 0. The van der Waals surface area contributed by atoms with Gasteiger partial charge in [0, 0.05) is 17.3 Å². The Balaban J connectivity index is 1.82. The zero-order valence-electron chi connectivity index (χ0n) is 15.2. The minimum atomic E-state index is -0.870. The molecule has 1 amide bonds. The molecule has 2 rings (SSSR count). The third-order valence-electron chi connectivity index (χ3n) is 3.77. The number of amides is 1. The fraction of sp³-hybridized carbons (Fsp3) is 0.421. The van der Waals surface area contributed by atoms with Crippen LogP contribution in [0.3, 0.4) is 0 Å². The van der Waals surface area contributed by atoms with Crippen LogP contribution in [0.5, 0.6) is 5.75 Å². The molecule has 0 spiro atoms. The zero-order valence-corrected chi connectivity index (χ0v) is 16.1. The van der Waals surface area contributed by atoms with Gasteiger partial charge in [-0.25, -0.2) is 4.98 Å². The van der Waals surface area contributed by atoms with E-state index >= 15 is 0 Å². The molecule has 0 aliphatic rings. The predicted molar refractivity (Wildman–Crippen MR) is 100 cm³/mol. The molecule has 0 fully saturated rings. The Bertz CT molecular complexity index is 753. The van der Waals surface area contributed by atoms with Crippen LogP contribution >= 0.6 is 11.3 Å². The SMILES string of the molecule is Cc1ccc(OCc2nc(CC(=O)NC(C)(C)CCC(=O)O)cs2)cc1. The number of carbonyl (C=O) groups is 2. The number of rotatable bonds is 9. The molecule has 26 heavy (non-hydrogen) atoms. The van der Waals surface area contributed by atoms with E-state index in [1.165, 1.54) is 16.9 Å². The van der Waals surface area contributed by atoms with Crippen LogP contribution in [0.15, 0.2) is 29.6 Å². The van der Waals surface area contributed by atoms with Gasteiger partial charge in [0.2, 0.25) is 5.91 Å². The van der Waals surface area contributed by atoms with Crippen LogP contribution in [0.4, 0.5) is 0 Å². The predicted octanol–water partition coefficient (Wildman–Crippen LogP) is 3.33. The van der Waals surface area contributed by atoms with Crippen LogP contribution in [0.1, 0.15) is 43.0 Å². The summed E-state index contributed by atoms with van der Waals surface area (Å²) >= 11 is 1.45. The zero-order chi connectivity index (χ0) is 19.2. The standard InChI is InChI=1S/C19H24N2O4S/c1-13-4-6-15(7-5-13)25-11-17-20-14(12-26-17)10-16(22)21-19(2,3)9-8-18(23)24/h4-7,12H,8-11H2,1-3H3,(H,21,22)(H,23,24). The number of benzene rings is 1. The molecule has 0 aliphatic heterocycles. The second kappa shape index (κ2) is 8.80. The van der Waals surface area contributed by atoms with E-state index in [4.69, 9.17) is 9.84 Å². The van der Waals surface area contributed by atoms with Crippen molar-refractivity contribution in [2.24, 2.45) is 0 Å². The van der Waals surface area contributed by atoms with E-state index in [0.29, 0.717) is 18.7 Å². The number of nitrogens with zero attached hydrogens (tertiary/aromatic N) is 1. The molecule has 0 radical (unpaired) electrons. The Kier molecular flexibility index (Phi) is 6.74. The first-order chi connectivity index (χ1) is 12.2. The topological polar surface area (TPSA) is 88.5 Å². The summed E-state index contributed by atoms with van der Waals surface area (Å²) in [4.78, 5) is 27.3. The van der Waals surface area contributed by atoms with Crippen LogP contribution in [-0.4, -0.2) is 27.5 Å². The van der Waals surface area contributed by atoms with Gasteiger partial charge in [-0.15, -0.1) is 11.3 Å². The molecule has 2 aromatic rings. The van der Waals surface area contributed by atoms with Gasteiger partial charge in [0.1, 0.15) is 17.4 Å². The van der Waals surface area contributed by atoms with Crippen molar-refractivity contribution in [2.45, 2.75) is 52.2 Å². The number of carboxylic acid groups (broad SMARTS) is 1. The van der Waals surface area contributed by atoms with Crippen molar-refractivity contribution < 1.29 is 19.4 Å². The number of aromatic nitrogens is 1. The monoisotopic (exact) mass is 376 g/mol. The summed E-state index contributed by atoms with van der Waals surface area (Å²) in [6, 6.07) is 7.80. The summed E-state index contributed by atoms with van der Waals surface area (Å²) in [5, 5.41) is 14.3. The van der Waals surface area contributed by atoms with Crippen molar-refractivity contribution in [3.05, 3.63) is 45.9 Å². The van der Waals surface area contributed by atoms with Gasteiger partial charge in [-0.2, -0.15) is 0 Å². The Morgan fingerprint density at radius 1 is 1.27 bits per heavy atom. The van der Waals surface area contributed by atoms with Gasteiger partial charge in [-0.1, -0.05) is 17.7 Å². The van der Waals surface area contributed by atoms with Gasteiger partial charge in [0.05, 0.1) is 12.1 Å². The molecule has 0 aliphatic carbocycles. The van der Waals surface area contributed by atoms with E-state index in [0.717, 1.165) is 10.8 Å². The van der Waals surface area contributed by atoms with Gasteiger partial charge in [0.25, 0.3) is 0 Å². The second-order valence-electron chi connectivity index (χ2n) is 6.84. The maximum Gasteiger partial charge on any atom is 0.303 e. The summed E-state index contributed by atoms with van der Waals surface area (Å²) in [5.41, 5.74) is 1.29.